The molecule has 2 aromatic rings. The Bertz CT molecular complexity index is 878. The number of morpholine rings is 1. The highest BCUT2D eigenvalue weighted by Gasteiger charge is 2.20. The van der Waals surface area contributed by atoms with Crippen molar-refractivity contribution in [2.24, 2.45) is 0 Å². The first-order valence-electron chi connectivity index (χ1n) is 8.09. The summed E-state index contributed by atoms with van der Waals surface area (Å²) < 4.78 is 33.7. The fraction of sp³-hybridized carbons (Fsp3) is 0.333. The summed E-state index contributed by atoms with van der Waals surface area (Å²) in [6, 6.07) is 10.3. The molecule has 1 N–H and O–H groups in total. The summed E-state index contributed by atoms with van der Waals surface area (Å²) in [7, 11) is -3.70. The molecule has 0 saturated carbocycles. The lowest BCUT2D eigenvalue weighted by molar-refractivity contribution is 0.123. The summed E-state index contributed by atoms with van der Waals surface area (Å²) >= 11 is 6.10. The van der Waals surface area contributed by atoms with E-state index >= 15 is 0 Å². The maximum absolute atomic E-state index is 12.8. The zero-order valence-corrected chi connectivity index (χ0v) is 15.8. The van der Waals surface area contributed by atoms with Gasteiger partial charge in [-0.05, 0) is 55.3 Å². The Labute approximate surface area is 153 Å². The highest BCUT2D eigenvalue weighted by atomic mass is 35.5. The fourth-order valence-electron chi connectivity index (χ4n) is 2.75. The lowest BCUT2D eigenvalue weighted by atomic mass is 10.1. The van der Waals surface area contributed by atoms with Crippen LogP contribution in [-0.2, 0) is 14.8 Å². The average molecular weight is 381 g/mol. The van der Waals surface area contributed by atoms with Crippen molar-refractivity contribution in [1.29, 1.82) is 0 Å². The number of anilines is 2. The molecule has 7 heteroatoms. The largest absolute Gasteiger partial charge is 0.378 e. The first-order chi connectivity index (χ1) is 11.9. The number of ether oxygens (including phenoxy) is 1. The molecule has 0 unspecified atom stereocenters. The lowest BCUT2D eigenvalue weighted by Crippen LogP contribution is -2.36. The van der Waals surface area contributed by atoms with Gasteiger partial charge in [-0.25, -0.2) is 8.42 Å². The smallest absolute Gasteiger partial charge is 0.261 e. The zero-order valence-electron chi connectivity index (χ0n) is 14.3. The molecule has 0 radical (unpaired) electrons. The van der Waals surface area contributed by atoms with E-state index in [1.165, 1.54) is 0 Å². The van der Waals surface area contributed by atoms with Crippen molar-refractivity contribution in [2.45, 2.75) is 18.7 Å². The SMILES string of the molecule is Cc1ccc(S(=O)(=O)Nc2cc(Cl)ccc2N2CCOCC2)cc1C. The summed E-state index contributed by atoms with van der Waals surface area (Å²) in [5.41, 5.74) is 3.27. The standard InChI is InChI=1S/C18H21ClN2O3S/c1-13-3-5-16(11-14(13)2)25(22,23)20-17-12-15(19)4-6-18(17)21-7-9-24-10-8-21/h3-6,11-12,20H,7-10H2,1-2H3. The van der Waals surface area contributed by atoms with Gasteiger partial charge >= 0.3 is 0 Å². The van der Waals surface area contributed by atoms with Crippen molar-refractivity contribution in [3.05, 3.63) is 52.5 Å². The molecule has 2 aromatic carbocycles. The monoisotopic (exact) mass is 380 g/mol. The van der Waals surface area contributed by atoms with Gasteiger partial charge in [-0.3, -0.25) is 4.72 Å². The number of benzene rings is 2. The van der Waals surface area contributed by atoms with Crippen LogP contribution in [0.2, 0.25) is 5.02 Å². The molecule has 0 bridgehead atoms. The summed E-state index contributed by atoms with van der Waals surface area (Å²) in [4.78, 5) is 2.33. The molecular weight excluding hydrogens is 360 g/mol. The normalized spacial score (nSPS) is 15.2. The number of nitrogens with one attached hydrogen (secondary N) is 1. The highest BCUT2D eigenvalue weighted by molar-refractivity contribution is 7.92. The molecule has 3 rings (SSSR count). The molecule has 5 nitrogen and oxygen atoms in total. The van der Waals surface area contributed by atoms with Gasteiger partial charge in [0.2, 0.25) is 0 Å². The molecular formula is C18H21ClN2O3S. The van der Waals surface area contributed by atoms with Crippen LogP contribution in [0.3, 0.4) is 0 Å². The van der Waals surface area contributed by atoms with Crippen LogP contribution in [-0.4, -0.2) is 34.7 Å². The van der Waals surface area contributed by atoms with Crippen LogP contribution in [0.4, 0.5) is 11.4 Å². The van der Waals surface area contributed by atoms with Gasteiger partial charge in [0.25, 0.3) is 10.0 Å². The van der Waals surface area contributed by atoms with Gasteiger partial charge in [0, 0.05) is 18.1 Å². The molecule has 134 valence electrons. The predicted octanol–water partition coefficient (Wildman–Crippen LogP) is 3.59. The second-order valence-electron chi connectivity index (χ2n) is 6.11. The summed E-state index contributed by atoms with van der Waals surface area (Å²) in [5.74, 6) is 0. The van der Waals surface area contributed by atoms with E-state index in [0.717, 1.165) is 16.8 Å². The Morgan fingerprint density at radius 2 is 1.76 bits per heavy atom. The fourth-order valence-corrected chi connectivity index (χ4v) is 4.08. The molecule has 0 aliphatic carbocycles. The maximum Gasteiger partial charge on any atom is 0.261 e. The van der Waals surface area contributed by atoms with E-state index in [2.05, 4.69) is 9.62 Å². The number of hydrogen-bond acceptors (Lipinski definition) is 4. The van der Waals surface area contributed by atoms with Crippen LogP contribution >= 0.6 is 11.6 Å². The summed E-state index contributed by atoms with van der Waals surface area (Å²) in [5, 5.41) is 0.481. The number of rotatable bonds is 4. The minimum Gasteiger partial charge on any atom is -0.378 e. The van der Waals surface area contributed by atoms with Crippen molar-refractivity contribution in [3.8, 4) is 0 Å². The van der Waals surface area contributed by atoms with Gasteiger partial charge in [0.05, 0.1) is 29.5 Å². The molecule has 1 fully saturated rings. The summed E-state index contributed by atoms with van der Waals surface area (Å²) in [6.07, 6.45) is 0. The topological polar surface area (TPSA) is 58.6 Å². The molecule has 1 heterocycles. The quantitative estimate of drug-likeness (QED) is 0.880. The van der Waals surface area contributed by atoms with Crippen LogP contribution in [0.15, 0.2) is 41.3 Å². The summed E-state index contributed by atoms with van der Waals surface area (Å²) in [6.45, 7) is 6.50. The van der Waals surface area contributed by atoms with Crippen LogP contribution in [0.1, 0.15) is 11.1 Å². The number of sulfonamides is 1. The van der Waals surface area contributed by atoms with E-state index in [-0.39, 0.29) is 4.90 Å². The van der Waals surface area contributed by atoms with Gasteiger partial charge in [-0.2, -0.15) is 0 Å². The molecule has 25 heavy (non-hydrogen) atoms. The van der Waals surface area contributed by atoms with Crippen molar-refractivity contribution < 1.29 is 13.2 Å². The van der Waals surface area contributed by atoms with Gasteiger partial charge in [-0.1, -0.05) is 17.7 Å². The predicted molar refractivity (Wildman–Crippen MR) is 101 cm³/mol. The van der Waals surface area contributed by atoms with Crippen molar-refractivity contribution in [3.63, 3.8) is 0 Å². The number of nitrogens with zero attached hydrogens (tertiary/aromatic N) is 1. The third-order valence-electron chi connectivity index (χ3n) is 4.34. The molecule has 0 amide bonds. The van der Waals surface area contributed by atoms with Gasteiger partial charge in [-0.15, -0.1) is 0 Å². The second-order valence-corrected chi connectivity index (χ2v) is 8.23. The van der Waals surface area contributed by atoms with Crippen LogP contribution in [0.25, 0.3) is 0 Å². The minimum absolute atomic E-state index is 0.239. The Morgan fingerprint density at radius 1 is 1.04 bits per heavy atom. The Hall–Kier alpha value is -1.76. The maximum atomic E-state index is 12.8. The van der Waals surface area contributed by atoms with E-state index in [1.807, 2.05) is 26.0 Å². The van der Waals surface area contributed by atoms with Crippen molar-refractivity contribution in [2.75, 3.05) is 35.9 Å². The molecule has 0 aromatic heterocycles. The van der Waals surface area contributed by atoms with Gasteiger partial charge in [0.1, 0.15) is 0 Å². The first kappa shape index (κ1) is 18.0. The van der Waals surface area contributed by atoms with Crippen molar-refractivity contribution in [1.82, 2.24) is 0 Å². The van der Waals surface area contributed by atoms with Crippen molar-refractivity contribution >= 4 is 33.0 Å². The third kappa shape index (κ3) is 4.08. The zero-order chi connectivity index (χ0) is 18.0. The lowest BCUT2D eigenvalue weighted by Gasteiger charge is -2.30. The second kappa shape index (κ2) is 7.23. The van der Waals surface area contributed by atoms with E-state index in [1.54, 1.807) is 24.3 Å². The Kier molecular flexibility index (Phi) is 5.22. The Morgan fingerprint density at radius 3 is 2.44 bits per heavy atom. The van der Waals surface area contributed by atoms with E-state index < -0.39 is 10.0 Å². The Balaban J connectivity index is 1.95. The van der Waals surface area contributed by atoms with Crippen LogP contribution in [0.5, 0.6) is 0 Å². The number of aryl methyl sites for hydroxylation is 2. The molecule has 1 aliphatic rings. The number of hydrogen-bond donors (Lipinski definition) is 1. The van der Waals surface area contributed by atoms with E-state index in [9.17, 15) is 8.42 Å². The third-order valence-corrected chi connectivity index (χ3v) is 5.94. The average Bonchev–Trinajstić information content (AvgIpc) is 2.58. The van der Waals surface area contributed by atoms with E-state index in [4.69, 9.17) is 16.3 Å². The molecule has 0 atom stereocenters. The van der Waals surface area contributed by atoms with Crippen LogP contribution < -0.4 is 9.62 Å². The van der Waals surface area contributed by atoms with Gasteiger partial charge < -0.3 is 9.64 Å². The minimum atomic E-state index is -3.70. The van der Waals surface area contributed by atoms with Crippen LogP contribution in [0, 0.1) is 13.8 Å². The highest BCUT2D eigenvalue weighted by Crippen LogP contribution is 2.32. The molecule has 1 aliphatic heterocycles. The number of halogens is 1. The van der Waals surface area contributed by atoms with E-state index in [0.29, 0.717) is 37.0 Å². The molecule has 0 spiro atoms. The first-order valence-corrected chi connectivity index (χ1v) is 9.95. The van der Waals surface area contributed by atoms with Gasteiger partial charge in [0.15, 0.2) is 0 Å². The molecule has 1 saturated heterocycles.